The number of unbranched alkanes of at least 4 members (excludes halogenated alkanes) is 57. The second kappa shape index (κ2) is 76.3. The first-order chi connectivity index (χ1) is 49.2. The minimum absolute atomic E-state index is 0.109. The number of rotatable bonds is 83. The van der Waals surface area contributed by atoms with Gasteiger partial charge in [-0.3, -0.25) is 37.3 Å². The van der Waals surface area contributed by atoms with Gasteiger partial charge in [-0.2, -0.15) is 0 Å². The predicted molar refractivity (Wildman–Crippen MR) is 414 cm³/mol. The highest BCUT2D eigenvalue weighted by atomic mass is 31.2. The molecule has 0 aliphatic carbocycles. The average Bonchev–Trinajstić information content (AvgIpc) is 0.931. The molecule has 0 aromatic rings. The van der Waals surface area contributed by atoms with Crippen LogP contribution in [0.4, 0.5) is 0 Å². The van der Waals surface area contributed by atoms with E-state index in [1.807, 2.05) is 0 Å². The molecule has 0 radical (unpaired) electrons. The highest BCUT2D eigenvalue weighted by Crippen LogP contribution is 2.45. The molecule has 0 rings (SSSR count). The number of aliphatic hydroxyl groups excluding tert-OH is 1. The Labute approximate surface area is 619 Å². The van der Waals surface area contributed by atoms with E-state index in [0.29, 0.717) is 25.7 Å². The van der Waals surface area contributed by atoms with Crippen LogP contribution in [-0.2, 0) is 65.4 Å². The Balaban J connectivity index is 5.25. The van der Waals surface area contributed by atoms with Crippen LogP contribution in [0.5, 0.6) is 0 Å². The summed E-state index contributed by atoms with van der Waals surface area (Å²) in [7, 11) is -9.92. The van der Waals surface area contributed by atoms with Crippen LogP contribution in [0.15, 0.2) is 0 Å². The van der Waals surface area contributed by atoms with Gasteiger partial charge in [0.05, 0.1) is 26.4 Å². The molecule has 0 aliphatic rings. The Hall–Kier alpha value is -1.94. The molecule has 0 heterocycles. The quantitative estimate of drug-likeness (QED) is 0.0222. The number of phosphoric acid groups is 2. The van der Waals surface area contributed by atoms with Crippen molar-refractivity contribution in [3.8, 4) is 0 Å². The van der Waals surface area contributed by atoms with Crippen molar-refractivity contribution in [2.45, 2.75) is 463 Å². The van der Waals surface area contributed by atoms with Gasteiger partial charge in [0.25, 0.3) is 0 Å². The molecule has 0 amide bonds. The van der Waals surface area contributed by atoms with Gasteiger partial charge in [0.2, 0.25) is 0 Å². The van der Waals surface area contributed by atoms with E-state index in [0.717, 1.165) is 89.9 Å². The summed E-state index contributed by atoms with van der Waals surface area (Å²) in [5.41, 5.74) is 0. The number of esters is 4. The first-order valence-electron chi connectivity index (χ1n) is 42.8. The van der Waals surface area contributed by atoms with Crippen molar-refractivity contribution in [2.24, 2.45) is 0 Å². The molecule has 600 valence electrons. The molecule has 0 bridgehead atoms. The molecule has 0 aliphatic heterocycles. The molecule has 0 aromatic heterocycles. The third-order valence-electron chi connectivity index (χ3n) is 19.4. The van der Waals surface area contributed by atoms with Crippen LogP contribution in [0, 0.1) is 0 Å². The van der Waals surface area contributed by atoms with E-state index in [9.17, 15) is 43.2 Å². The molecule has 0 fully saturated rings. The lowest BCUT2D eigenvalue weighted by atomic mass is 10.0. The Kier molecular flexibility index (Phi) is 74.8. The van der Waals surface area contributed by atoms with Crippen molar-refractivity contribution in [3.63, 3.8) is 0 Å². The number of carbonyl (C=O) groups is 4. The molecule has 0 saturated heterocycles. The zero-order valence-electron chi connectivity index (χ0n) is 65.9. The van der Waals surface area contributed by atoms with Crippen molar-refractivity contribution in [2.75, 3.05) is 39.6 Å². The lowest BCUT2D eigenvalue weighted by Gasteiger charge is -2.21. The van der Waals surface area contributed by atoms with Crippen LogP contribution in [0.2, 0.25) is 0 Å². The smallest absolute Gasteiger partial charge is 0.462 e. The van der Waals surface area contributed by atoms with Gasteiger partial charge in [-0.1, -0.05) is 394 Å². The average molecular weight is 1480 g/mol. The zero-order valence-corrected chi connectivity index (χ0v) is 67.7. The van der Waals surface area contributed by atoms with Crippen LogP contribution in [-0.4, -0.2) is 96.7 Å². The fourth-order valence-electron chi connectivity index (χ4n) is 12.8. The summed E-state index contributed by atoms with van der Waals surface area (Å²) in [5, 5.41) is 10.7. The fourth-order valence-corrected chi connectivity index (χ4v) is 14.4. The van der Waals surface area contributed by atoms with Crippen molar-refractivity contribution >= 4 is 39.5 Å². The van der Waals surface area contributed by atoms with E-state index in [4.69, 9.17) is 37.0 Å². The molecule has 19 heteroatoms. The lowest BCUT2D eigenvalue weighted by Crippen LogP contribution is -2.30. The second-order valence-electron chi connectivity index (χ2n) is 29.5. The Morgan fingerprint density at radius 3 is 0.584 bits per heavy atom. The van der Waals surface area contributed by atoms with Gasteiger partial charge < -0.3 is 33.8 Å². The van der Waals surface area contributed by atoms with Gasteiger partial charge in [0, 0.05) is 25.7 Å². The minimum Gasteiger partial charge on any atom is -0.462 e. The summed E-state index contributed by atoms with van der Waals surface area (Å²) in [4.78, 5) is 73.1. The molecule has 0 spiro atoms. The number of carbonyl (C=O) groups excluding carboxylic acids is 4. The summed E-state index contributed by atoms with van der Waals surface area (Å²) in [6, 6.07) is 0. The third kappa shape index (κ3) is 76.1. The molecule has 0 saturated carbocycles. The first kappa shape index (κ1) is 99.1. The standard InChI is InChI=1S/C82H160O17P2/c1-5-9-13-17-21-25-29-33-36-38-40-42-45-49-53-57-61-65-69-82(87)99-78(73-93-80(85)67-63-59-55-51-47-44-41-39-37-34-30-26-22-18-14-10-6-2)75-97-101(90,91)95-71-76(83)70-94-100(88,89)96-74-77(72-92-79(84)66-62-58-54-50-46-32-28-24-20-16-12-8-4)98-81(86)68-64-60-56-52-48-43-35-31-27-23-19-15-11-7-3/h76-78,83H,5-75H2,1-4H3,(H,88,89)(H,90,91)/t76-,77+,78+/m0/s1. The van der Waals surface area contributed by atoms with Gasteiger partial charge >= 0.3 is 39.5 Å². The third-order valence-corrected chi connectivity index (χ3v) is 21.3. The van der Waals surface area contributed by atoms with Gasteiger partial charge in [-0.05, 0) is 25.7 Å². The van der Waals surface area contributed by atoms with E-state index in [2.05, 4.69) is 27.7 Å². The van der Waals surface area contributed by atoms with Crippen LogP contribution < -0.4 is 0 Å². The first-order valence-corrected chi connectivity index (χ1v) is 45.8. The molecule has 3 N–H and O–H groups in total. The number of hydrogen-bond donors (Lipinski definition) is 3. The number of phosphoric ester groups is 2. The minimum atomic E-state index is -4.96. The summed E-state index contributed by atoms with van der Waals surface area (Å²) in [6.07, 6.45) is 69.2. The number of hydrogen-bond acceptors (Lipinski definition) is 15. The molecule has 0 aromatic carbocycles. The molecule has 101 heavy (non-hydrogen) atoms. The molecule has 17 nitrogen and oxygen atoms in total. The summed E-state index contributed by atoms with van der Waals surface area (Å²) < 4.78 is 68.8. The zero-order chi connectivity index (χ0) is 73.9. The molecule has 5 atom stereocenters. The summed E-state index contributed by atoms with van der Waals surface area (Å²) in [5.74, 6) is -2.10. The van der Waals surface area contributed by atoms with Crippen molar-refractivity contribution in [1.82, 2.24) is 0 Å². The van der Waals surface area contributed by atoms with Crippen molar-refractivity contribution < 1.29 is 80.2 Å². The highest BCUT2D eigenvalue weighted by molar-refractivity contribution is 7.47. The SMILES string of the molecule is CCCCCCCCCCCCCCCCCCCCC(=O)O[C@H](COC(=O)CCCCCCCCCCCCCCCCCCC)COP(=O)(O)OC[C@@H](O)COP(=O)(O)OC[C@@H](COC(=O)CCCCCCCCCCCCCC)OC(=O)CCCCCCCCCCCCCCCC. The van der Waals surface area contributed by atoms with Crippen LogP contribution >= 0.6 is 15.6 Å². The molecule has 2 unspecified atom stereocenters. The fraction of sp³-hybridized carbons (Fsp3) is 0.951. The maximum atomic E-state index is 13.1. The predicted octanol–water partition coefficient (Wildman–Crippen LogP) is 25.0. The Morgan fingerprint density at radius 2 is 0.396 bits per heavy atom. The topological polar surface area (TPSA) is 237 Å². The van der Waals surface area contributed by atoms with Crippen LogP contribution in [0.1, 0.15) is 445 Å². The van der Waals surface area contributed by atoms with Gasteiger partial charge in [0.15, 0.2) is 12.2 Å². The van der Waals surface area contributed by atoms with E-state index in [1.165, 1.54) is 276 Å². The second-order valence-corrected chi connectivity index (χ2v) is 32.4. The number of aliphatic hydroxyl groups is 1. The van der Waals surface area contributed by atoms with Gasteiger partial charge in [-0.25, -0.2) is 9.13 Å². The Bertz CT molecular complexity index is 1910. The van der Waals surface area contributed by atoms with Crippen LogP contribution in [0.25, 0.3) is 0 Å². The van der Waals surface area contributed by atoms with Gasteiger partial charge in [-0.15, -0.1) is 0 Å². The van der Waals surface area contributed by atoms with Crippen molar-refractivity contribution in [3.05, 3.63) is 0 Å². The highest BCUT2D eigenvalue weighted by Gasteiger charge is 2.30. The van der Waals surface area contributed by atoms with E-state index in [1.54, 1.807) is 0 Å². The molecular weight excluding hydrogens is 1320 g/mol. The van der Waals surface area contributed by atoms with E-state index in [-0.39, 0.29) is 25.7 Å². The van der Waals surface area contributed by atoms with Crippen LogP contribution in [0.3, 0.4) is 0 Å². The molecular formula is C82H160O17P2. The van der Waals surface area contributed by atoms with Gasteiger partial charge in [0.1, 0.15) is 19.3 Å². The van der Waals surface area contributed by atoms with E-state index < -0.39 is 97.5 Å². The lowest BCUT2D eigenvalue weighted by molar-refractivity contribution is -0.161. The van der Waals surface area contributed by atoms with E-state index >= 15 is 0 Å². The largest absolute Gasteiger partial charge is 0.472 e. The maximum absolute atomic E-state index is 13.1. The summed E-state index contributed by atoms with van der Waals surface area (Å²) >= 11 is 0. The maximum Gasteiger partial charge on any atom is 0.472 e. The summed E-state index contributed by atoms with van der Waals surface area (Å²) in [6.45, 7) is 5.04. The monoisotopic (exact) mass is 1480 g/mol. The number of ether oxygens (including phenoxy) is 4. The normalized spacial score (nSPS) is 13.8. The Morgan fingerprint density at radius 1 is 0.238 bits per heavy atom. The van der Waals surface area contributed by atoms with Crippen molar-refractivity contribution in [1.29, 1.82) is 0 Å².